The Kier molecular flexibility index (Phi) is 6.87. The molecule has 2 aromatic heterocycles. The fourth-order valence-electron chi connectivity index (χ4n) is 3.41. The van der Waals surface area contributed by atoms with Crippen LogP contribution in [0.3, 0.4) is 0 Å². The molecule has 35 heavy (non-hydrogen) atoms. The van der Waals surface area contributed by atoms with Gasteiger partial charge < -0.3 is 4.98 Å². The Labute approximate surface area is 210 Å². The van der Waals surface area contributed by atoms with Crippen LogP contribution in [0.2, 0.25) is 0 Å². The summed E-state index contributed by atoms with van der Waals surface area (Å²) >= 11 is 3.08. The highest BCUT2D eigenvalue weighted by molar-refractivity contribution is 7.98. The first-order valence-corrected chi connectivity index (χ1v) is 12.8. The van der Waals surface area contributed by atoms with Crippen molar-refractivity contribution in [2.24, 2.45) is 0 Å². The molecule has 5 rings (SSSR count). The molecule has 2 amide bonds. The van der Waals surface area contributed by atoms with Crippen LogP contribution < -0.4 is 10.9 Å². The molecule has 0 bridgehead atoms. The van der Waals surface area contributed by atoms with Gasteiger partial charge in [0.05, 0.1) is 23.1 Å². The SMILES string of the molecule is O=C(Cc1csc(-c2ccccc2)n1)NNC(=O)c1ccc(CSc2nc3ccccc3[nH]2)cc1. The Morgan fingerprint density at radius 3 is 2.46 bits per heavy atom. The standard InChI is InChI=1S/C26H21N5O2S2/c32-23(14-20-16-34-25(27-20)19-6-2-1-3-7-19)30-31-24(33)18-12-10-17(11-13-18)15-35-26-28-21-8-4-5-9-22(21)29-26/h1-13,16H,14-15H2,(H,28,29)(H,30,32)(H,31,33). The summed E-state index contributed by atoms with van der Waals surface area (Å²) in [6.45, 7) is 0. The van der Waals surface area contributed by atoms with Gasteiger partial charge in [-0.05, 0) is 29.8 Å². The fourth-order valence-corrected chi connectivity index (χ4v) is 5.08. The predicted molar refractivity (Wildman–Crippen MR) is 139 cm³/mol. The Morgan fingerprint density at radius 2 is 1.66 bits per heavy atom. The highest BCUT2D eigenvalue weighted by Gasteiger charge is 2.11. The number of hydrogen-bond acceptors (Lipinski definition) is 6. The lowest BCUT2D eigenvalue weighted by molar-refractivity contribution is -0.121. The van der Waals surface area contributed by atoms with Crippen LogP contribution in [0, 0.1) is 0 Å². The summed E-state index contributed by atoms with van der Waals surface area (Å²) in [6.07, 6.45) is 0.0849. The minimum absolute atomic E-state index is 0.0849. The zero-order valence-electron chi connectivity index (χ0n) is 18.5. The molecule has 0 aliphatic heterocycles. The number of nitrogens with one attached hydrogen (secondary N) is 3. The van der Waals surface area contributed by atoms with Gasteiger partial charge in [0.1, 0.15) is 5.01 Å². The first-order valence-electron chi connectivity index (χ1n) is 10.9. The van der Waals surface area contributed by atoms with Crippen molar-refractivity contribution < 1.29 is 9.59 Å². The molecule has 0 spiro atoms. The van der Waals surface area contributed by atoms with Gasteiger partial charge in [0.25, 0.3) is 5.91 Å². The van der Waals surface area contributed by atoms with Gasteiger partial charge in [-0.25, -0.2) is 9.97 Å². The van der Waals surface area contributed by atoms with Gasteiger partial charge in [-0.2, -0.15) is 0 Å². The smallest absolute Gasteiger partial charge is 0.269 e. The summed E-state index contributed by atoms with van der Waals surface area (Å²) in [7, 11) is 0. The number of aromatic amines is 1. The van der Waals surface area contributed by atoms with E-state index in [0.29, 0.717) is 11.3 Å². The van der Waals surface area contributed by atoms with Crippen molar-refractivity contribution in [1.82, 2.24) is 25.8 Å². The van der Waals surface area contributed by atoms with E-state index < -0.39 is 0 Å². The Bertz CT molecular complexity index is 1430. The predicted octanol–water partition coefficient (Wildman–Crippen LogP) is 4.98. The van der Waals surface area contributed by atoms with Crippen molar-refractivity contribution in [3.05, 3.63) is 101 Å². The van der Waals surface area contributed by atoms with E-state index in [-0.39, 0.29) is 18.2 Å². The second-order valence-corrected chi connectivity index (χ2v) is 9.56. The number of amides is 2. The van der Waals surface area contributed by atoms with E-state index in [1.165, 1.54) is 11.3 Å². The van der Waals surface area contributed by atoms with E-state index in [4.69, 9.17) is 0 Å². The summed E-state index contributed by atoms with van der Waals surface area (Å²) in [4.78, 5) is 37.0. The van der Waals surface area contributed by atoms with Crippen LogP contribution in [0.25, 0.3) is 21.6 Å². The van der Waals surface area contributed by atoms with Crippen molar-refractivity contribution in [1.29, 1.82) is 0 Å². The third kappa shape index (κ3) is 5.76. The molecule has 0 unspecified atom stereocenters. The van der Waals surface area contributed by atoms with E-state index in [2.05, 4.69) is 25.8 Å². The number of thioether (sulfide) groups is 1. The molecule has 0 atom stereocenters. The summed E-state index contributed by atoms with van der Waals surface area (Å²) in [5, 5.41) is 3.56. The molecule has 0 saturated carbocycles. The maximum absolute atomic E-state index is 12.4. The maximum Gasteiger partial charge on any atom is 0.269 e. The minimum Gasteiger partial charge on any atom is -0.333 e. The molecule has 0 saturated heterocycles. The first kappa shape index (κ1) is 22.8. The maximum atomic E-state index is 12.4. The van der Waals surface area contributed by atoms with Gasteiger partial charge >= 0.3 is 0 Å². The number of fused-ring (bicyclic) bond motifs is 1. The van der Waals surface area contributed by atoms with Crippen molar-refractivity contribution in [2.75, 3.05) is 0 Å². The van der Waals surface area contributed by atoms with Gasteiger partial charge in [-0.15, -0.1) is 11.3 Å². The summed E-state index contributed by atoms with van der Waals surface area (Å²) in [6, 6.07) is 25.0. The molecule has 0 aliphatic carbocycles. The van der Waals surface area contributed by atoms with Crippen LogP contribution in [0.1, 0.15) is 21.6 Å². The lowest BCUT2D eigenvalue weighted by Crippen LogP contribution is -2.42. The quantitative estimate of drug-likeness (QED) is 0.217. The van der Waals surface area contributed by atoms with Crippen LogP contribution in [0.15, 0.2) is 89.4 Å². The molecular weight excluding hydrogens is 478 g/mol. The molecule has 0 fully saturated rings. The van der Waals surface area contributed by atoms with Gasteiger partial charge in [-0.1, -0.05) is 66.4 Å². The topological polar surface area (TPSA) is 99.8 Å². The van der Waals surface area contributed by atoms with Crippen molar-refractivity contribution in [3.63, 3.8) is 0 Å². The van der Waals surface area contributed by atoms with Crippen LogP contribution >= 0.6 is 23.1 Å². The zero-order chi connectivity index (χ0) is 24.0. The van der Waals surface area contributed by atoms with Crippen molar-refractivity contribution in [2.45, 2.75) is 17.3 Å². The molecule has 174 valence electrons. The van der Waals surface area contributed by atoms with Crippen LogP contribution in [0.4, 0.5) is 0 Å². The molecule has 3 N–H and O–H groups in total. The average Bonchev–Trinajstić information content (AvgIpc) is 3.53. The molecule has 9 heteroatoms. The van der Waals surface area contributed by atoms with E-state index in [0.717, 1.165) is 38.1 Å². The van der Waals surface area contributed by atoms with Crippen LogP contribution in [-0.2, 0) is 17.0 Å². The lowest BCUT2D eigenvalue weighted by atomic mass is 10.1. The van der Waals surface area contributed by atoms with Crippen molar-refractivity contribution in [3.8, 4) is 10.6 Å². The number of hydrogen-bond donors (Lipinski definition) is 3. The highest BCUT2D eigenvalue weighted by atomic mass is 32.2. The highest BCUT2D eigenvalue weighted by Crippen LogP contribution is 2.24. The summed E-state index contributed by atoms with van der Waals surface area (Å²) in [5.41, 5.74) is 10.1. The third-order valence-electron chi connectivity index (χ3n) is 5.19. The first-order chi connectivity index (χ1) is 17.1. The molecule has 3 aromatic carbocycles. The Balaban J connectivity index is 1.10. The molecule has 0 radical (unpaired) electrons. The lowest BCUT2D eigenvalue weighted by Gasteiger charge is -2.07. The summed E-state index contributed by atoms with van der Waals surface area (Å²) < 4.78 is 0. The Hall–Kier alpha value is -3.95. The summed E-state index contributed by atoms with van der Waals surface area (Å²) in [5.74, 6) is 0.0112. The second kappa shape index (κ2) is 10.5. The van der Waals surface area contributed by atoms with E-state index in [1.54, 1.807) is 23.9 Å². The largest absolute Gasteiger partial charge is 0.333 e. The minimum atomic E-state index is -0.377. The molecule has 5 aromatic rings. The number of carbonyl (C=O) groups excluding carboxylic acids is 2. The molecular formula is C26H21N5O2S2. The number of imidazole rings is 1. The number of nitrogens with zero attached hydrogens (tertiary/aromatic N) is 2. The number of carbonyl (C=O) groups is 2. The van der Waals surface area contributed by atoms with E-state index >= 15 is 0 Å². The van der Waals surface area contributed by atoms with Crippen molar-refractivity contribution >= 4 is 45.9 Å². The van der Waals surface area contributed by atoms with Gasteiger partial charge in [0.15, 0.2) is 5.16 Å². The van der Waals surface area contributed by atoms with Gasteiger partial charge in [-0.3, -0.25) is 20.4 Å². The van der Waals surface area contributed by atoms with Gasteiger partial charge in [0.2, 0.25) is 5.91 Å². The normalized spacial score (nSPS) is 10.9. The van der Waals surface area contributed by atoms with E-state index in [1.807, 2.05) is 72.1 Å². The molecule has 0 aliphatic rings. The number of rotatable bonds is 7. The monoisotopic (exact) mass is 499 g/mol. The molecule has 7 nitrogen and oxygen atoms in total. The van der Waals surface area contributed by atoms with Gasteiger partial charge in [0, 0.05) is 22.3 Å². The number of H-pyrrole nitrogens is 1. The second-order valence-electron chi connectivity index (χ2n) is 7.73. The number of hydrazine groups is 1. The Morgan fingerprint density at radius 1 is 0.886 bits per heavy atom. The number of thiazole rings is 1. The number of benzene rings is 3. The van der Waals surface area contributed by atoms with Crippen LogP contribution in [0.5, 0.6) is 0 Å². The van der Waals surface area contributed by atoms with Crippen LogP contribution in [-0.4, -0.2) is 26.8 Å². The molecule has 2 heterocycles. The third-order valence-corrected chi connectivity index (χ3v) is 7.07. The zero-order valence-corrected chi connectivity index (χ0v) is 20.2. The number of aromatic nitrogens is 3. The number of para-hydroxylation sites is 2. The average molecular weight is 500 g/mol. The van der Waals surface area contributed by atoms with E-state index in [9.17, 15) is 9.59 Å². The fraction of sp³-hybridized carbons (Fsp3) is 0.0769.